The van der Waals surface area contributed by atoms with Gasteiger partial charge in [0.15, 0.2) is 0 Å². The predicted molar refractivity (Wildman–Crippen MR) is 97.1 cm³/mol. The van der Waals surface area contributed by atoms with Crippen LogP contribution in [-0.2, 0) is 9.59 Å². The van der Waals surface area contributed by atoms with Crippen LogP contribution in [0.25, 0.3) is 0 Å². The summed E-state index contributed by atoms with van der Waals surface area (Å²) in [4.78, 5) is 41.6. The molecule has 2 fully saturated rings. The summed E-state index contributed by atoms with van der Waals surface area (Å²) in [6.07, 6.45) is 2.06. The van der Waals surface area contributed by atoms with Gasteiger partial charge in [-0.3, -0.25) is 9.59 Å². The molecule has 0 aliphatic carbocycles. The molecule has 7 nitrogen and oxygen atoms in total. The van der Waals surface area contributed by atoms with E-state index in [4.69, 9.17) is 0 Å². The number of rotatable bonds is 3. The fourth-order valence-corrected chi connectivity index (χ4v) is 3.28. The Morgan fingerprint density at radius 3 is 2.32 bits per heavy atom. The molecule has 0 spiro atoms. The van der Waals surface area contributed by atoms with Crippen LogP contribution in [0, 0.1) is 0 Å². The van der Waals surface area contributed by atoms with Gasteiger partial charge >= 0.3 is 6.03 Å². The first-order valence-corrected chi connectivity index (χ1v) is 9.19. The number of anilines is 1. The van der Waals surface area contributed by atoms with Gasteiger partial charge in [0.2, 0.25) is 11.8 Å². The van der Waals surface area contributed by atoms with Gasteiger partial charge in [-0.05, 0) is 37.1 Å². The molecule has 2 aliphatic rings. The van der Waals surface area contributed by atoms with Gasteiger partial charge in [-0.1, -0.05) is 15.9 Å². The average Bonchev–Trinajstić information content (AvgIpc) is 3.13. The first-order chi connectivity index (χ1) is 12.0. The molecule has 2 heterocycles. The highest BCUT2D eigenvalue weighted by Gasteiger charge is 2.30. The fraction of sp³-hybridized carbons (Fsp3) is 0.471. The molecule has 25 heavy (non-hydrogen) atoms. The third-order valence-electron chi connectivity index (χ3n) is 4.49. The summed E-state index contributed by atoms with van der Waals surface area (Å²) >= 11 is 3.34. The SMILES string of the molecule is O=C(CN1CCN(C(=O)Nc2ccc(Br)cc2)CC1=O)N1CCCC1. The highest BCUT2D eigenvalue weighted by molar-refractivity contribution is 9.10. The second kappa shape index (κ2) is 7.86. The minimum Gasteiger partial charge on any atom is -0.341 e. The first-order valence-electron chi connectivity index (χ1n) is 8.40. The number of nitrogens with zero attached hydrogens (tertiary/aromatic N) is 3. The van der Waals surface area contributed by atoms with Crippen LogP contribution in [0.5, 0.6) is 0 Å². The molecule has 8 heteroatoms. The number of hydrogen-bond donors (Lipinski definition) is 1. The number of halogens is 1. The molecule has 1 N–H and O–H groups in total. The van der Waals surface area contributed by atoms with Gasteiger partial charge in [0.1, 0.15) is 6.54 Å². The Morgan fingerprint density at radius 2 is 1.68 bits per heavy atom. The van der Waals surface area contributed by atoms with Crippen LogP contribution < -0.4 is 5.32 Å². The van der Waals surface area contributed by atoms with E-state index in [0.29, 0.717) is 18.8 Å². The molecule has 2 saturated heterocycles. The number of carbonyl (C=O) groups excluding carboxylic acids is 3. The average molecular weight is 409 g/mol. The Morgan fingerprint density at radius 1 is 1.00 bits per heavy atom. The smallest absolute Gasteiger partial charge is 0.322 e. The van der Waals surface area contributed by atoms with Crippen molar-refractivity contribution < 1.29 is 14.4 Å². The zero-order chi connectivity index (χ0) is 17.8. The van der Waals surface area contributed by atoms with E-state index in [1.165, 1.54) is 4.90 Å². The molecule has 0 aromatic heterocycles. The van der Waals surface area contributed by atoms with Crippen molar-refractivity contribution in [3.05, 3.63) is 28.7 Å². The van der Waals surface area contributed by atoms with Crippen molar-refractivity contribution >= 4 is 39.5 Å². The van der Waals surface area contributed by atoms with Crippen molar-refractivity contribution in [1.29, 1.82) is 0 Å². The summed E-state index contributed by atoms with van der Waals surface area (Å²) in [7, 11) is 0. The maximum atomic E-state index is 12.3. The zero-order valence-corrected chi connectivity index (χ0v) is 15.5. The molecule has 0 atom stereocenters. The van der Waals surface area contributed by atoms with Crippen molar-refractivity contribution in [2.75, 3.05) is 44.6 Å². The molecule has 3 rings (SSSR count). The second-order valence-corrected chi connectivity index (χ2v) is 7.18. The Bertz CT molecular complexity index is 658. The molecule has 0 radical (unpaired) electrons. The lowest BCUT2D eigenvalue weighted by Crippen LogP contribution is -2.55. The summed E-state index contributed by atoms with van der Waals surface area (Å²) in [6, 6.07) is 6.94. The van der Waals surface area contributed by atoms with Crippen LogP contribution in [0.4, 0.5) is 10.5 Å². The summed E-state index contributed by atoms with van der Waals surface area (Å²) in [6.45, 7) is 2.47. The van der Waals surface area contributed by atoms with Crippen LogP contribution >= 0.6 is 15.9 Å². The Kier molecular flexibility index (Phi) is 5.57. The lowest BCUT2D eigenvalue weighted by molar-refractivity contribution is -0.142. The van der Waals surface area contributed by atoms with E-state index in [1.807, 2.05) is 12.1 Å². The normalized spacial score (nSPS) is 17.8. The van der Waals surface area contributed by atoms with Crippen molar-refractivity contribution in [3.8, 4) is 0 Å². The molecule has 1 aromatic rings. The number of benzene rings is 1. The van der Waals surface area contributed by atoms with Crippen molar-refractivity contribution in [1.82, 2.24) is 14.7 Å². The van der Waals surface area contributed by atoms with E-state index in [9.17, 15) is 14.4 Å². The standard InChI is InChI=1S/C17H21BrN4O3/c18-13-3-5-14(6-4-13)19-17(25)22-10-9-21(16(24)12-22)11-15(23)20-7-1-2-8-20/h3-6H,1-2,7-12H2,(H,19,25). The highest BCUT2D eigenvalue weighted by Crippen LogP contribution is 2.15. The summed E-state index contributed by atoms with van der Waals surface area (Å²) < 4.78 is 0.928. The minimum absolute atomic E-state index is 0.00128. The molecule has 0 unspecified atom stereocenters. The lowest BCUT2D eigenvalue weighted by Gasteiger charge is -2.34. The van der Waals surface area contributed by atoms with E-state index >= 15 is 0 Å². The van der Waals surface area contributed by atoms with Gasteiger partial charge in [0.25, 0.3) is 0 Å². The van der Waals surface area contributed by atoms with E-state index in [-0.39, 0.29) is 30.9 Å². The fourth-order valence-electron chi connectivity index (χ4n) is 3.01. The highest BCUT2D eigenvalue weighted by atomic mass is 79.9. The molecular formula is C17H21BrN4O3. The Labute approximate surface area is 155 Å². The van der Waals surface area contributed by atoms with Gasteiger partial charge in [-0.2, -0.15) is 0 Å². The lowest BCUT2D eigenvalue weighted by atomic mass is 10.3. The number of nitrogens with one attached hydrogen (secondary N) is 1. The third kappa shape index (κ3) is 4.50. The number of likely N-dealkylation sites (tertiary alicyclic amines) is 1. The van der Waals surface area contributed by atoms with Crippen molar-refractivity contribution in [2.24, 2.45) is 0 Å². The van der Waals surface area contributed by atoms with E-state index in [2.05, 4.69) is 21.2 Å². The summed E-state index contributed by atoms with van der Waals surface area (Å²) in [5.41, 5.74) is 0.673. The molecule has 1 aromatic carbocycles. The number of hydrogen-bond acceptors (Lipinski definition) is 3. The Balaban J connectivity index is 1.50. The summed E-state index contributed by atoms with van der Waals surface area (Å²) in [5, 5.41) is 2.78. The van der Waals surface area contributed by atoms with Crippen LogP contribution in [-0.4, -0.2) is 71.8 Å². The van der Waals surface area contributed by atoms with Gasteiger partial charge in [0.05, 0.1) is 6.54 Å². The van der Waals surface area contributed by atoms with Crippen LogP contribution in [0.1, 0.15) is 12.8 Å². The first kappa shape index (κ1) is 17.7. The molecular weight excluding hydrogens is 388 g/mol. The van der Waals surface area contributed by atoms with E-state index in [1.54, 1.807) is 21.9 Å². The monoisotopic (exact) mass is 408 g/mol. The maximum absolute atomic E-state index is 12.3. The number of carbonyl (C=O) groups is 3. The maximum Gasteiger partial charge on any atom is 0.322 e. The topological polar surface area (TPSA) is 73.0 Å². The largest absolute Gasteiger partial charge is 0.341 e. The van der Waals surface area contributed by atoms with Crippen molar-refractivity contribution in [2.45, 2.75) is 12.8 Å². The zero-order valence-electron chi connectivity index (χ0n) is 13.9. The van der Waals surface area contributed by atoms with Crippen molar-refractivity contribution in [3.63, 3.8) is 0 Å². The van der Waals surface area contributed by atoms with Crippen LogP contribution in [0.2, 0.25) is 0 Å². The molecule has 4 amide bonds. The minimum atomic E-state index is -0.304. The van der Waals surface area contributed by atoms with Gasteiger partial charge in [-0.25, -0.2) is 4.79 Å². The third-order valence-corrected chi connectivity index (χ3v) is 5.01. The second-order valence-electron chi connectivity index (χ2n) is 6.26. The molecule has 2 aliphatic heterocycles. The number of piperazine rings is 1. The predicted octanol–water partition coefficient (Wildman–Crippen LogP) is 1.75. The Hall–Kier alpha value is -2.09. The quantitative estimate of drug-likeness (QED) is 0.827. The summed E-state index contributed by atoms with van der Waals surface area (Å²) in [5.74, 6) is -0.191. The van der Waals surface area contributed by atoms with Gasteiger partial charge in [0, 0.05) is 36.3 Å². The molecule has 134 valence electrons. The van der Waals surface area contributed by atoms with Crippen LogP contribution in [0.3, 0.4) is 0 Å². The van der Waals surface area contributed by atoms with E-state index in [0.717, 1.165) is 30.4 Å². The van der Waals surface area contributed by atoms with Crippen LogP contribution in [0.15, 0.2) is 28.7 Å². The van der Waals surface area contributed by atoms with E-state index < -0.39 is 0 Å². The van der Waals surface area contributed by atoms with Gasteiger partial charge in [-0.15, -0.1) is 0 Å². The number of urea groups is 1. The van der Waals surface area contributed by atoms with Gasteiger partial charge < -0.3 is 20.0 Å². The molecule has 0 bridgehead atoms. The molecule has 0 saturated carbocycles. The number of amides is 4.